The molecule has 0 bridgehead atoms. The Kier molecular flexibility index (Phi) is 5.13. The lowest BCUT2D eigenvalue weighted by molar-refractivity contribution is 0.620. The third-order valence-electron chi connectivity index (χ3n) is 5.90. The molecule has 6 aromatic rings. The Balaban J connectivity index is 1.56. The molecule has 0 unspecified atom stereocenters. The number of hydrogen-bond donors (Lipinski definition) is 0. The second-order valence-corrected chi connectivity index (χ2v) is 8.09. The Morgan fingerprint density at radius 2 is 1.09 bits per heavy atom. The van der Waals surface area contributed by atoms with Crippen molar-refractivity contribution >= 4 is 28.2 Å². The number of benzene rings is 5. The van der Waals surface area contributed by atoms with Gasteiger partial charge in [-0.15, -0.1) is 0 Å². The average Bonchev–Trinajstić information content (AvgIpc) is 3.35. The lowest BCUT2D eigenvalue weighted by Gasteiger charge is -2.26. The van der Waals surface area contributed by atoms with E-state index in [0.717, 1.165) is 44.9 Å². The molecule has 0 radical (unpaired) electrons. The highest BCUT2D eigenvalue weighted by atomic mass is 16.3. The molecule has 5 aromatic carbocycles. The molecular formula is C31H22N2O. The highest BCUT2D eigenvalue weighted by Gasteiger charge is 2.18. The van der Waals surface area contributed by atoms with Crippen LogP contribution in [0.25, 0.3) is 33.7 Å². The highest BCUT2D eigenvalue weighted by Crippen LogP contribution is 2.40. The van der Waals surface area contributed by atoms with Gasteiger partial charge in [0, 0.05) is 22.6 Å². The molecule has 0 fully saturated rings. The third-order valence-corrected chi connectivity index (χ3v) is 5.90. The van der Waals surface area contributed by atoms with Crippen LogP contribution in [0.15, 0.2) is 138 Å². The zero-order valence-corrected chi connectivity index (χ0v) is 18.5. The van der Waals surface area contributed by atoms with Gasteiger partial charge in [0.2, 0.25) is 5.89 Å². The third kappa shape index (κ3) is 3.74. The Morgan fingerprint density at radius 1 is 0.500 bits per heavy atom. The Morgan fingerprint density at radius 3 is 1.74 bits per heavy atom. The summed E-state index contributed by atoms with van der Waals surface area (Å²) in [5, 5.41) is 0. The van der Waals surface area contributed by atoms with Gasteiger partial charge in [0.15, 0.2) is 5.58 Å². The standard InChI is InChI=1S/C31H22N2O/c1-4-12-23(13-5-1)28-22-26(20-21-27(28)31-32-29-18-10-11-19-30(29)34-31)33(24-14-6-2-7-15-24)25-16-8-3-9-17-25/h1-22H. The summed E-state index contributed by atoms with van der Waals surface area (Å²) < 4.78 is 6.16. The molecule has 1 heterocycles. The van der Waals surface area contributed by atoms with Crippen molar-refractivity contribution in [1.82, 2.24) is 4.98 Å². The summed E-state index contributed by atoms with van der Waals surface area (Å²) in [5.74, 6) is 0.623. The maximum Gasteiger partial charge on any atom is 0.227 e. The smallest absolute Gasteiger partial charge is 0.227 e. The predicted molar refractivity (Wildman–Crippen MR) is 140 cm³/mol. The summed E-state index contributed by atoms with van der Waals surface area (Å²) in [4.78, 5) is 7.05. The number of anilines is 3. The largest absolute Gasteiger partial charge is 0.436 e. The Bertz CT molecular complexity index is 1470. The van der Waals surface area contributed by atoms with Crippen molar-refractivity contribution in [3.05, 3.63) is 133 Å². The number of aromatic nitrogens is 1. The summed E-state index contributed by atoms with van der Waals surface area (Å²) in [6.45, 7) is 0. The van der Waals surface area contributed by atoms with Crippen LogP contribution in [0, 0.1) is 0 Å². The molecule has 0 amide bonds. The normalized spacial score (nSPS) is 10.9. The van der Waals surface area contributed by atoms with E-state index in [9.17, 15) is 0 Å². The van der Waals surface area contributed by atoms with Gasteiger partial charge >= 0.3 is 0 Å². The van der Waals surface area contributed by atoms with Gasteiger partial charge < -0.3 is 9.32 Å². The van der Waals surface area contributed by atoms with Crippen molar-refractivity contribution in [2.45, 2.75) is 0 Å². The maximum absolute atomic E-state index is 6.16. The molecule has 0 spiro atoms. The fraction of sp³-hybridized carbons (Fsp3) is 0. The summed E-state index contributed by atoms with van der Waals surface area (Å²) in [5.41, 5.74) is 8.06. The second-order valence-electron chi connectivity index (χ2n) is 8.09. The van der Waals surface area contributed by atoms with Crippen molar-refractivity contribution in [2.24, 2.45) is 0 Å². The lowest BCUT2D eigenvalue weighted by Crippen LogP contribution is -2.10. The van der Waals surface area contributed by atoms with Crippen LogP contribution in [-0.4, -0.2) is 4.98 Å². The number of fused-ring (bicyclic) bond motifs is 1. The van der Waals surface area contributed by atoms with Gasteiger partial charge in [-0.2, -0.15) is 0 Å². The van der Waals surface area contributed by atoms with Gasteiger partial charge in [0.05, 0.1) is 0 Å². The molecule has 6 rings (SSSR count). The zero-order chi connectivity index (χ0) is 22.7. The van der Waals surface area contributed by atoms with Crippen LogP contribution in [0.3, 0.4) is 0 Å². The van der Waals surface area contributed by atoms with Crippen molar-refractivity contribution in [2.75, 3.05) is 4.90 Å². The summed E-state index contributed by atoms with van der Waals surface area (Å²) in [6.07, 6.45) is 0. The fourth-order valence-corrected chi connectivity index (χ4v) is 4.30. The van der Waals surface area contributed by atoms with Crippen LogP contribution in [-0.2, 0) is 0 Å². The van der Waals surface area contributed by atoms with Gasteiger partial charge in [-0.05, 0) is 65.7 Å². The van der Waals surface area contributed by atoms with Crippen molar-refractivity contribution < 1.29 is 4.42 Å². The SMILES string of the molecule is c1ccc(-c2cc(N(c3ccccc3)c3ccccc3)ccc2-c2nc3ccccc3o2)cc1. The quantitative estimate of drug-likeness (QED) is 0.270. The summed E-state index contributed by atoms with van der Waals surface area (Å²) >= 11 is 0. The highest BCUT2D eigenvalue weighted by molar-refractivity contribution is 5.88. The van der Waals surface area contributed by atoms with Gasteiger partial charge in [-0.25, -0.2) is 4.98 Å². The molecule has 0 aliphatic carbocycles. The molecule has 0 aliphatic rings. The molecule has 3 heteroatoms. The number of para-hydroxylation sites is 4. The summed E-state index contributed by atoms with van der Waals surface area (Å²) in [6, 6.07) is 45.6. The van der Waals surface area contributed by atoms with Gasteiger partial charge in [-0.3, -0.25) is 0 Å². The van der Waals surface area contributed by atoms with E-state index in [4.69, 9.17) is 9.40 Å². The van der Waals surface area contributed by atoms with E-state index >= 15 is 0 Å². The lowest BCUT2D eigenvalue weighted by atomic mass is 9.98. The van der Waals surface area contributed by atoms with Crippen LogP contribution in [0.4, 0.5) is 17.1 Å². The first kappa shape index (κ1) is 20.0. The molecule has 0 atom stereocenters. The van der Waals surface area contributed by atoms with E-state index in [1.807, 2.05) is 42.5 Å². The first-order valence-electron chi connectivity index (χ1n) is 11.3. The minimum atomic E-state index is 0.623. The Hall–Kier alpha value is -4.63. The van der Waals surface area contributed by atoms with Gasteiger partial charge in [-0.1, -0.05) is 78.9 Å². The van der Waals surface area contributed by atoms with Crippen LogP contribution in [0.5, 0.6) is 0 Å². The Labute approximate surface area is 198 Å². The first-order chi connectivity index (χ1) is 16.9. The van der Waals surface area contributed by atoms with Gasteiger partial charge in [0.1, 0.15) is 5.52 Å². The number of nitrogens with zero attached hydrogens (tertiary/aromatic N) is 2. The minimum Gasteiger partial charge on any atom is -0.436 e. The van der Waals surface area contributed by atoms with E-state index in [0.29, 0.717) is 5.89 Å². The van der Waals surface area contributed by atoms with E-state index in [-0.39, 0.29) is 0 Å². The predicted octanol–water partition coefficient (Wildman–Crippen LogP) is 8.63. The molecule has 0 saturated heterocycles. The van der Waals surface area contributed by atoms with E-state index in [1.54, 1.807) is 0 Å². The minimum absolute atomic E-state index is 0.623. The van der Waals surface area contributed by atoms with Crippen LogP contribution >= 0.6 is 0 Å². The van der Waals surface area contributed by atoms with E-state index in [1.165, 1.54) is 0 Å². The van der Waals surface area contributed by atoms with Gasteiger partial charge in [0.25, 0.3) is 0 Å². The molecule has 162 valence electrons. The molecule has 1 aromatic heterocycles. The molecular weight excluding hydrogens is 416 g/mol. The number of oxazole rings is 1. The second kappa shape index (κ2) is 8.72. The molecule has 3 nitrogen and oxygen atoms in total. The monoisotopic (exact) mass is 438 g/mol. The zero-order valence-electron chi connectivity index (χ0n) is 18.5. The molecule has 34 heavy (non-hydrogen) atoms. The van der Waals surface area contributed by atoms with Crippen molar-refractivity contribution in [3.8, 4) is 22.6 Å². The topological polar surface area (TPSA) is 29.3 Å². The maximum atomic E-state index is 6.16. The molecule has 0 N–H and O–H groups in total. The van der Waals surface area contributed by atoms with Crippen molar-refractivity contribution in [1.29, 1.82) is 0 Å². The number of rotatable bonds is 5. The fourth-order valence-electron chi connectivity index (χ4n) is 4.30. The van der Waals surface area contributed by atoms with E-state index in [2.05, 4.69) is 95.9 Å². The number of hydrogen-bond acceptors (Lipinski definition) is 3. The van der Waals surface area contributed by atoms with Crippen LogP contribution in [0.1, 0.15) is 0 Å². The van der Waals surface area contributed by atoms with Crippen LogP contribution < -0.4 is 4.90 Å². The molecule has 0 aliphatic heterocycles. The van der Waals surface area contributed by atoms with E-state index < -0.39 is 0 Å². The average molecular weight is 439 g/mol. The summed E-state index contributed by atoms with van der Waals surface area (Å²) in [7, 11) is 0. The first-order valence-corrected chi connectivity index (χ1v) is 11.3. The van der Waals surface area contributed by atoms with Crippen molar-refractivity contribution in [3.63, 3.8) is 0 Å². The van der Waals surface area contributed by atoms with Crippen LogP contribution in [0.2, 0.25) is 0 Å². The molecule has 0 saturated carbocycles.